The van der Waals surface area contributed by atoms with Crippen LogP contribution in [0.3, 0.4) is 0 Å². The summed E-state index contributed by atoms with van der Waals surface area (Å²) in [5.41, 5.74) is 1.78. The second-order valence-electron chi connectivity index (χ2n) is 4.31. The Hall–Kier alpha value is -1.98. The van der Waals surface area contributed by atoms with E-state index in [4.69, 9.17) is 5.11 Å². The maximum absolute atomic E-state index is 12.2. The Balaban J connectivity index is 2.87. The molecule has 1 aromatic rings. The van der Waals surface area contributed by atoms with Gasteiger partial charge >= 0.3 is 5.97 Å². The maximum atomic E-state index is 12.2. The number of halogens is 2. The first kappa shape index (κ1) is 15.1. The van der Waals surface area contributed by atoms with Crippen LogP contribution in [0, 0.1) is 13.8 Å². The van der Waals surface area contributed by atoms with Gasteiger partial charge in [0.15, 0.2) is 0 Å². The van der Waals surface area contributed by atoms with Gasteiger partial charge in [0.05, 0.1) is 0 Å². The van der Waals surface area contributed by atoms with Gasteiger partial charge in [-0.3, -0.25) is 4.79 Å². The number of hydrogen-bond donors (Lipinski definition) is 2. The number of rotatable bonds is 5. The summed E-state index contributed by atoms with van der Waals surface area (Å²) < 4.78 is 24.5. The SMILES string of the molecule is Cc1ccc(C)c(C(=O)NC(CC(F)F)C(=O)O)c1. The Bertz CT molecular complexity index is 489. The third kappa shape index (κ3) is 4.31. The second-order valence-corrected chi connectivity index (χ2v) is 4.31. The average Bonchev–Trinajstić information content (AvgIpc) is 2.30. The first-order valence-electron chi connectivity index (χ1n) is 5.70. The maximum Gasteiger partial charge on any atom is 0.326 e. The minimum absolute atomic E-state index is 0.292. The molecular weight excluding hydrogens is 256 g/mol. The first-order chi connectivity index (χ1) is 8.81. The number of carbonyl (C=O) groups is 2. The third-order valence-electron chi connectivity index (χ3n) is 2.65. The Morgan fingerprint density at radius 3 is 2.47 bits per heavy atom. The molecule has 1 aromatic carbocycles. The summed E-state index contributed by atoms with van der Waals surface area (Å²) in [5, 5.41) is 10.9. The highest BCUT2D eigenvalue weighted by Gasteiger charge is 2.25. The van der Waals surface area contributed by atoms with E-state index >= 15 is 0 Å². The molecule has 0 aromatic heterocycles. The summed E-state index contributed by atoms with van der Waals surface area (Å²) in [6.45, 7) is 3.47. The first-order valence-corrected chi connectivity index (χ1v) is 5.70. The zero-order valence-electron chi connectivity index (χ0n) is 10.6. The van der Waals surface area contributed by atoms with E-state index in [0.29, 0.717) is 11.1 Å². The minimum Gasteiger partial charge on any atom is -0.480 e. The molecule has 0 aliphatic rings. The van der Waals surface area contributed by atoms with Crippen molar-refractivity contribution in [2.45, 2.75) is 32.7 Å². The van der Waals surface area contributed by atoms with Crippen molar-refractivity contribution in [1.29, 1.82) is 0 Å². The van der Waals surface area contributed by atoms with E-state index < -0.39 is 30.8 Å². The normalized spacial score (nSPS) is 12.3. The molecule has 0 bridgehead atoms. The van der Waals surface area contributed by atoms with Gasteiger partial charge in [-0.2, -0.15) is 0 Å². The van der Waals surface area contributed by atoms with E-state index in [1.165, 1.54) is 0 Å². The van der Waals surface area contributed by atoms with Crippen LogP contribution < -0.4 is 5.32 Å². The number of carboxylic acids is 1. The zero-order valence-corrected chi connectivity index (χ0v) is 10.6. The number of aryl methyl sites for hydroxylation is 2. The van der Waals surface area contributed by atoms with E-state index in [9.17, 15) is 18.4 Å². The Morgan fingerprint density at radius 2 is 1.95 bits per heavy atom. The summed E-state index contributed by atoms with van der Waals surface area (Å²) in [4.78, 5) is 22.7. The molecule has 0 saturated carbocycles. The fourth-order valence-electron chi connectivity index (χ4n) is 1.62. The van der Waals surface area contributed by atoms with Gasteiger partial charge in [-0.15, -0.1) is 0 Å². The van der Waals surface area contributed by atoms with E-state index in [-0.39, 0.29) is 0 Å². The Morgan fingerprint density at radius 1 is 1.32 bits per heavy atom. The Kier molecular flexibility index (Phi) is 4.97. The molecule has 0 saturated heterocycles. The summed E-state index contributed by atoms with van der Waals surface area (Å²) in [6.07, 6.45) is -3.70. The highest BCUT2D eigenvalue weighted by Crippen LogP contribution is 2.12. The minimum atomic E-state index is -2.79. The molecule has 4 nitrogen and oxygen atoms in total. The molecule has 0 spiro atoms. The molecule has 0 heterocycles. The third-order valence-corrected chi connectivity index (χ3v) is 2.65. The van der Waals surface area contributed by atoms with E-state index in [2.05, 4.69) is 5.32 Å². The molecule has 104 valence electrons. The number of aliphatic carboxylic acids is 1. The van der Waals surface area contributed by atoms with Crippen molar-refractivity contribution in [2.75, 3.05) is 0 Å². The van der Waals surface area contributed by atoms with Gasteiger partial charge in [0.25, 0.3) is 5.91 Å². The number of hydrogen-bond acceptors (Lipinski definition) is 2. The van der Waals surface area contributed by atoms with E-state index in [0.717, 1.165) is 5.56 Å². The molecule has 0 aliphatic heterocycles. The van der Waals surface area contributed by atoms with Crippen molar-refractivity contribution in [3.8, 4) is 0 Å². The van der Waals surface area contributed by atoms with Crippen LogP contribution in [-0.4, -0.2) is 29.5 Å². The molecule has 1 rings (SSSR count). The van der Waals surface area contributed by atoms with Gasteiger partial charge in [0.2, 0.25) is 6.43 Å². The summed E-state index contributed by atoms with van der Waals surface area (Å²) in [7, 11) is 0. The predicted molar refractivity (Wildman–Crippen MR) is 65.4 cm³/mol. The molecule has 0 aliphatic carbocycles. The van der Waals surface area contributed by atoms with Crippen molar-refractivity contribution in [1.82, 2.24) is 5.32 Å². The molecule has 0 fully saturated rings. The van der Waals surface area contributed by atoms with Gasteiger partial charge in [-0.25, -0.2) is 13.6 Å². The van der Waals surface area contributed by atoms with Gasteiger partial charge in [-0.1, -0.05) is 17.7 Å². The molecule has 0 radical (unpaired) electrons. The van der Waals surface area contributed by atoms with Crippen molar-refractivity contribution in [3.63, 3.8) is 0 Å². The predicted octanol–water partition coefficient (Wildman–Crippen LogP) is 2.14. The lowest BCUT2D eigenvalue weighted by atomic mass is 10.0. The molecule has 1 amide bonds. The molecule has 1 atom stereocenters. The molecule has 1 unspecified atom stereocenters. The lowest BCUT2D eigenvalue weighted by Crippen LogP contribution is -2.42. The number of alkyl halides is 2. The molecule has 2 N–H and O–H groups in total. The highest BCUT2D eigenvalue weighted by atomic mass is 19.3. The van der Waals surface area contributed by atoms with Gasteiger partial charge < -0.3 is 10.4 Å². The van der Waals surface area contributed by atoms with Crippen molar-refractivity contribution in [2.24, 2.45) is 0 Å². The van der Waals surface area contributed by atoms with E-state index in [1.54, 1.807) is 32.0 Å². The van der Waals surface area contributed by atoms with Crippen LogP contribution in [0.25, 0.3) is 0 Å². The van der Waals surface area contributed by atoms with Crippen LogP contribution in [0.1, 0.15) is 27.9 Å². The van der Waals surface area contributed by atoms with Crippen LogP contribution in [0.5, 0.6) is 0 Å². The fraction of sp³-hybridized carbons (Fsp3) is 0.385. The lowest BCUT2D eigenvalue weighted by molar-refractivity contribution is -0.140. The van der Waals surface area contributed by atoms with Gasteiger partial charge in [0, 0.05) is 12.0 Å². The van der Waals surface area contributed by atoms with Gasteiger partial charge in [0.1, 0.15) is 6.04 Å². The van der Waals surface area contributed by atoms with Crippen LogP contribution in [0.4, 0.5) is 8.78 Å². The monoisotopic (exact) mass is 271 g/mol. The highest BCUT2D eigenvalue weighted by molar-refractivity contribution is 5.97. The van der Waals surface area contributed by atoms with Crippen LogP contribution in [0.15, 0.2) is 18.2 Å². The number of amides is 1. The number of benzene rings is 1. The van der Waals surface area contributed by atoms with Crippen LogP contribution in [-0.2, 0) is 4.79 Å². The van der Waals surface area contributed by atoms with Crippen LogP contribution >= 0.6 is 0 Å². The molecular formula is C13H15F2NO3. The number of carboxylic acid groups (broad SMARTS) is 1. The topological polar surface area (TPSA) is 66.4 Å². The van der Waals surface area contributed by atoms with Crippen molar-refractivity contribution in [3.05, 3.63) is 34.9 Å². The average molecular weight is 271 g/mol. The fourth-order valence-corrected chi connectivity index (χ4v) is 1.62. The smallest absolute Gasteiger partial charge is 0.326 e. The molecule has 6 heteroatoms. The van der Waals surface area contributed by atoms with Crippen molar-refractivity contribution < 1.29 is 23.5 Å². The second kappa shape index (κ2) is 6.26. The lowest BCUT2D eigenvalue weighted by Gasteiger charge is -2.15. The van der Waals surface area contributed by atoms with E-state index in [1.807, 2.05) is 0 Å². The van der Waals surface area contributed by atoms with Gasteiger partial charge in [-0.05, 0) is 25.5 Å². The summed E-state index contributed by atoms with van der Waals surface area (Å²) in [5.74, 6) is -2.13. The van der Waals surface area contributed by atoms with Crippen LogP contribution in [0.2, 0.25) is 0 Å². The zero-order chi connectivity index (χ0) is 14.6. The largest absolute Gasteiger partial charge is 0.480 e. The van der Waals surface area contributed by atoms with Crippen molar-refractivity contribution >= 4 is 11.9 Å². The number of nitrogens with one attached hydrogen (secondary N) is 1. The summed E-state index contributed by atoms with van der Waals surface area (Å²) in [6, 6.07) is 3.52. The molecule has 19 heavy (non-hydrogen) atoms. The quantitative estimate of drug-likeness (QED) is 0.862. The Labute approximate surface area is 109 Å². The summed E-state index contributed by atoms with van der Waals surface area (Å²) >= 11 is 0. The standard InChI is InChI=1S/C13H15F2NO3/c1-7-3-4-8(2)9(5-7)12(17)16-10(13(18)19)6-11(14)15/h3-5,10-11H,6H2,1-2H3,(H,16,17)(H,18,19). The number of carbonyl (C=O) groups excluding carboxylic acids is 1.